The van der Waals surface area contributed by atoms with Crippen molar-refractivity contribution in [2.24, 2.45) is 4.99 Å². The van der Waals surface area contributed by atoms with Crippen LogP contribution in [0.3, 0.4) is 0 Å². The molecule has 4 N–H and O–H groups in total. The van der Waals surface area contributed by atoms with Crippen LogP contribution in [0, 0.1) is 0 Å². The Morgan fingerprint density at radius 2 is 2.00 bits per heavy atom. The zero-order valence-electron chi connectivity index (χ0n) is 14.7. The Morgan fingerprint density at radius 3 is 2.64 bits per heavy atom. The van der Waals surface area contributed by atoms with Crippen molar-refractivity contribution in [3.8, 4) is 11.3 Å². The lowest BCUT2D eigenvalue weighted by molar-refractivity contribution is 0.249. The molecule has 0 radical (unpaired) electrons. The maximum atomic E-state index is 9.18. The highest BCUT2D eigenvalue weighted by molar-refractivity contribution is 5.76. The van der Waals surface area contributed by atoms with E-state index in [1.54, 1.807) is 18.7 Å². The summed E-state index contributed by atoms with van der Waals surface area (Å²) >= 11 is 0. The molecule has 8 heteroatoms. The second-order valence-corrected chi connectivity index (χ2v) is 7.00. The van der Waals surface area contributed by atoms with Crippen molar-refractivity contribution in [3.05, 3.63) is 24.0 Å². The summed E-state index contributed by atoms with van der Waals surface area (Å²) in [6.45, 7) is 7.50. The van der Waals surface area contributed by atoms with Crippen LogP contribution in [0.1, 0.15) is 26.3 Å². The van der Waals surface area contributed by atoms with Crippen molar-refractivity contribution in [1.29, 1.82) is 0 Å². The molecule has 0 fully saturated rings. The van der Waals surface area contributed by atoms with Gasteiger partial charge in [0.2, 0.25) is 5.95 Å². The molecule has 0 amide bonds. The van der Waals surface area contributed by atoms with Crippen molar-refractivity contribution in [1.82, 2.24) is 19.9 Å². The van der Waals surface area contributed by atoms with Gasteiger partial charge in [0.25, 0.3) is 0 Å². The summed E-state index contributed by atoms with van der Waals surface area (Å²) in [7, 11) is 0. The summed E-state index contributed by atoms with van der Waals surface area (Å²) in [5.74, 6) is 1.00. The van der Waals surface area contributed by atoms with Crippen LogP contribution in [0.2, 0.25) is 0 Å². The maximum Gasteiger partial charge on any atom is 0.219 e. The standard InChI is InChI=1S/C17H23N7O/c1-17(2,3)23-15-12-9-24(4-5-25)10-21-14(12)6-13(22-15)11-7-19-16(18)20-8-11/h6-8,10,25H,4-5,9H2,1-3H3,(H,22,23)(H2,18,19,20). The van der Waals surface area contributed by atoms with E-state index in [1.165, 1.54) is 0 Å². The topological polar surface area (TPSA) is 113 Å². The van der Waals surface area contributed by atoms with Crippen LogP contribution >= 0.6 is 0 Å². The lowest BCUT2D eigenvalue weighted by Gasteiger charge is -2.29. The van der Waals surface area contributed by atoms with Gasteiger partial charge in [0, 0.05) is 42.1 Å². The van der Waals surface area contributed by atoms with Crippen LogP contribution in [-0.2, 0) is 6.54 Å². The minimum absolute atomic E-state index is 0.0810. The van der Waals surface area contributed by atoms with E-state index in [1.807, 2.05) is 11.0 Å². The lowest BCUT2D eigenvalue weighted by Crippen LogP contribution is -2.31. The van der Waals surface area contributed by atoms with Gasteiger partial charge in [0.15, 0.2) is 0 Å². The van der Waals surface area contributed by atoms with Crippen molar-refractivity contribution >= 4 is 23.8 Å². The fourth-order valence-electron chi connectivity index (χ4n) is 2.56. The molecule has 25 heavy (non-hydrogen) atoms. The molecule has 2 aromatic rings. The normalized spacial score (nSPS) is 13.7. The Kier molecular flexibility index (Phi) is 4.54. The molecule has 2 aromatic heterocycles. The molecule has 1 aliphatic heterocycles. The number of aliphatic hydroxyl groups excluding tert-OH is 1. The van der Waals surface area contributed by atoms with Crippen LogP contribution in [0.15, 0.2) is 23.5 Å². The molecule has 1 aliphatic rings. The van der Waals surface area contributed by atoms with Crippen LogP contribution in [0.4, 0.5) is 17.5 Å². The summed E-state index contributed by atoms with van der Waals surface area (Å²) < 4.78 is 0. The third kappa shape index (κ3) is 4.03. The number of hydrogen-bond donors (Lipinski definition) is 3. The minimum Gasteiger partial charge on any atom is -0.395 e. The monoisotopic (exact) mass is 341 g/mol. The predicted molar refractivity (Wildman–Crippen MR) is 98.7 cm³/mol. The minimum atomic E-state index is -0.153. The Bertz CT molecular complexity index is 781. The Balaban J connectivity index is 2.06. The van der Waals surface area contributed by atoms with Crippen LogP contribution in [0.5, 0.6) is 0 Å². The first kappa shape index (κ1) is 17.1. The molecule has 3 rings (SSSR count). The van der Waals surface area contributed by atoms with Crippen molar-refractivity contribution in [2.75, 3.05) is 24.2 Å². The molecule has 0 saturated heterocycles. The third-order valence-corrected chi connectivity index (χ3v) is 3.67. The van der Waals surface area contributed by atoms with Crippen LogP contribution in [-0.4, -0.2) is 50.0 Å². The van der Waals surface area contributed by atoms with Crippen molar-refractivity contribution < 1.29 is 5.11 Å². The number of aromatic nitrogens is 3. The van der Waals surface area contributed by atoms with E-state index in [-0.39, 0.29) is 18.1 Å². The number of pyridine rings is 1. The largest absolute Gasteiger partial charge is 0.395 e. The van der Waals surface area contributed by atoms with Gasteiger partial charge in [0.05, 0.1) is 24.3 Å². The zero-order chi connectivity index (χ0) is 18.0. The first-order valence-corrected chi connectivity index (χ1v) is 8.15. The Hall–Kier alpha value is -2.74. The van der Waals surface area contributed by atoms with E-state index in [0.717, 1.165) is 28.3 Å². The fraction of sp³-hybridized carbons (Fsp3) is 0.412. The number of rotatable bonds is 4. The van der Waals surface area contributed by atoms with Gasteiger partial charge in [-0.05, 0) is 26.8 Å². The maximum absolute atomic E-state index is 9.18. The smallest absolute Gasteiger partial charge is 0.219 e. The summed E-state index contributed by atoms with van der Waals surface area (Å²) in [6.07, 6.45) is 5.06. The van der Waals surface area contributed by atoms with Gasteiger partial charge in [0.1, 0.15) is 5.82 Å². The summed E-state index contributed by atoms with van der Waals surface area (Å²) in [6, 6.07) is 1.92. The first-order valence-electron chi connectivity index (χ1n) is 8.15. The van der Waals surface area contributed by atoms with E-state index in [4.69, 9.17) is 10.7 Å². The van der Waals surface area contributed by atoms with Crippen molar-refractivity contribution in [2.45, 2.75) is 32.9 Å². The highest BCUT2D eigenvalue weighted by atomic mass is 16.3. The highest BCUT2D eigenvalue weighted by Crippen LogP contribution is 2.34. The molecule has 0 aliphatic carbocycles. The van der Waals surface area contributed by atoms with Crippen LogP contribution < -0.4 is 11.1 Å². The Labute approximate surface area is 146 Å². The molecule has 0 aromatic carbocycles. The van der Waals surface area contributed by atoms with E-state index >= 15 is 0 Å². The number of nitrogen functional groups attached to an aromatic ring is 1. The summed E-state index contributed by atoms with van der Waals surface area (Å²) in [5, 5.41) is 12.6. The average Bonchev–Trinajstić information content (AvgIpc) is 2.54. The molecule has 3 heterocycles. The third-order valence-electron chi connectivity index (χ3n) is 3.67. The van der Waals surface area contributed by atoms with Crippen LogP contribution in [0.25, 0.3) is 11.3 Å². The molecule has 0 saturated carbocycles. The SMILES string of the molecule is CC(C)(C)Nc1nc(-c2cnc(N)nc2)cc2c1CN(CCO)C=N2. The van der Waals surface area contributed by atoms with E-state index in [2.05, 4.69) is 41.0 Å². The number of nitrogens with two attached hydrogens (primary N) is 1. The number of β-amino-alcohol motifs (C(OH)–C–C–N with tert-alkyl or cyclic N) is 1. The number of fused-ring (bicyclic) bond motifs is 1. The van der Waals surface area contributed by atoms with Gasteiger partial charge in [-0.1, -0.05) is 0 Å². The number of nitrogens with one attached hydrogen (secondary N) is 1. The van der Waals surface area contributed by atoms with Gasteiger partial charge in [-0.2, -0.15) is 0 Å². The van der Waals surface area contributed by atoms with Gasteiger partial charge in [-0.15, -0.1) is 0 Å². The van der Waals surface area contributed by atoms with Gasteiger partial charge >= 0.3 is 0 Å². The zero-order valence-corrected chi connectivity index (χ0v) is 14.7. The molecule has 8 nitrogen and oxygen atoms in total. The molecule has 0 spiro atoms. The number of nitrogens with zero attached hydrogens (tertiary/aromatic N) is 5. The van der Waals surface area contributed by atoms with Gasteiger partial charge in [-0.3, -0.25) is 0 Å². The fourth-order valence-corrected chi connectivity index (χ4v) is 2.56. The average molecular weight is 341 g/mol. The molecule has 0 unspecified atom stereocenters. The molecule has 0 bridgehead atoms. The lowest BCUT2D eigenvalue weighted by atomic mass is 10.1. The number of aliphatic imine (C=N–C) groups is 1. The van der Waals surface area contributed by atoms with E-state index in [9.17, 15) is 5.11 Å². The molecule has 0 atom stereocenters. The summed E-state index contributed by atoms with van der Waals surface area (Å²) in [4.78, 5) is 19.3. The molecular formula is C17H23N7O. The van der Waals surface area contributed by atoms with Crippen molar-refractivity contribution in [3.63, 3.8) is 0 Å². The second-order valence-electron chi connectivity index (χ2n) is 7.00. The number of hydrogen-bond acceptors (Lipinski definition) is 8. The number of aliphatic hydroxyl groups is 1. The first-order chi connectivity index (χ1) is 11.9. The quantitative estimate of drug-likeness (QED) is 0.777. The second kappa shape index (κ2) is 6.64. The molecule has 132 valence electrons. The molecular weight excluding hydrogens is 318 g/mol. The van der Waals surface area contributed by atoms with Gasteiger partial charge < -0.3 is 21.1 Å². The van der Waals surface area contributed by atoms with E-state index < -0.39 is 0 Å². The summed E-state index contributed by atoms with van der Waals surface area (Å²) in [5.41, 5.74) is 8.78. The van der Waals surface area contributed by atoms with E-state index in [0.29, 0.717) is 13.1 Å². The highest BCUT2D eigenvalue weighted by Gasteiger charge is 2.22. The predicted octanol–water partition coefficient (Wildman–Crippen LogP) is 1.80. The van der Waals surface area contributed by atoms with Gasteiger partial charge in [-0.25, -0.2) is 19.9 Å². The number of anilines is 2. The Morgan fingerprint density at radius 1 is 1.28 bits per heavy atom.